The highest BCUT2D eigenvalue weighted by Gasteiger charge is 2.12. The van der Waals surface area contributed by atoms with Gasteiger partial charge in [-0.15, -0.1) is 0 Å². The molecule has 0 spiro atoms. The van der Waals surface area contributed by atoms with Crippen molar-refractivity contribution < 1.29 is 19.0 Å². The second-order valence-corrected chi connectivity index (χ2v) is 3.79. The largest absolute Gasteiger partial charge is 0.457 e. The topological polar surface area (TPSA) is 44.8 Å². The fourth-order valence-electron chi connectivity index (χ4n) is 1.01. The standard InChI is InChI=1S/C12H22O4/c1-6-9(2)12(13)16-11(4)8-15-10(3)7-14-5/h6,10-11H,7-8H2,1-5H3/b9-6+. The Balaban J connectivity index is 3.82. The third-order valence-corrected chi connectivity index (χ3v) is 2.08. The minimum atomic E-state index is -0.294. The average molecular weight is 230 g/mol. The number of allylic oxidation sites excluding steroid dienone is 1. The van der Waals surface area contributed by atoms with Crippen molar-refractivity contribution in [3.63, 3.8) is 0 Å². The lowest BCUT2D eigenvalue weighted by molar-refractivity contribution is -0.147. The van der Waals surface area contributed by atoms with Crippen molar-refractivity contribution in [2.24, 2.45) is 0 Å². The van der Waals surface area contributed by atoms with Gasteiger partial charge < -0.3 is 14.2 Å². The molecule has 0 rings (SSSR count). The van der Waals surface area contributed by atoms with Gasteiger partial charge >= 0.3 is 5.97 Å². The van der Waals surface area contributed by atoms with E-state index in [-0.39, 0.29) is 18.2 Å². The molecule has 0 saturated carbocycles. The van der Waals surface area contributed by atoms with Crippen molar-refractivity contribution in [2.75, 3.05) is 20.3 Å². The molecule has 4 nitrogen and oxygen atoms in total. The highest BCUT2D eigenvalue weighted by Crippen LogP contribution is 2.02. The van der Waals surface area contributed by atoms with E-state index in [9.17, 15) is 4.79 Å². The molecule has 0 aliphatic heterocycles. The van der Waals surface area contributed by atoms with E-state index in [1.54, 1.807) is 34.0 Å². The zero-order valence-corrected chi connectivity index (χ0v) is 10.8. The summed E-state index contributed by atoms with van der Waals surface area (Å²) in [4.78, 5) is 11.4. The summed E-state index contributed by atoms with van der Waals surface area (Å²) in [6.07, 6.45) is 1.49. The van der Waals surface area contributed by atoms with Gasteiger partial charge in [-0.2, -0.15) is 0 Å². The van der Waals surface area contributed by atoms with Gasteiger partial charge in [-0.25, -0.2) is 4.79 Å². The zero-order chi connectivity index (χ0) is 12.6. The number of hydrogen-bond acceptors (Lipinski definition) is 4. The molecule has 0 bridgehead atoms. The maximum Gasteiger partial charge on any atom is 0.333 e. The van der Waals surface area contributed by atoms with Crippen LogP contribution in [-0.2, 0) is 19.0 Å². The zero-order valence-electron chi connectivity index (χ0n) is 10.8. The Morgan fingerprint density at radius 2 is 1.88 bits per heavy atom. The summed E-state index contributed by atoms with van der Waals surface area (Å²) in [5, 5.41) is 0. The van der Waals surface area contributed by atoms with Crippen LogP contribution in [0.25, 0.3) is 0 Å². The molecule has 4 heteroatoms. The highest BCUT2D eigenvalue weighted by molar-refractivity contribution is 5.87. The molecular formula is C12H22O4. The van der Waals surface area contributed by atoms with E-state index >= 15 is 0 Å². The average Bonchev–Trinajstić information content (AvgIpc) is 2.25. The molecule has 0 aromatic carbocycles. The van der Waals surface area contributed by atoms with Crippen LogP contribution >= 0.6 is 0 Å². The maximum absolute atomic E-state index is 11.4. The Labute approximate surface area is 97.6 Å². The fourth-order valence-corrected chi connectivity index (χ4v) is 1.01. The number of carbonyl (C=O) groups is 1. The van der Waals surface area contributed by atoms with Crippen molar-refractivity contribution in [3.8, 4) is 0 Å². The Morgan fingerprint density at radius 3 is 2.38 bits per heavy atom. The van der Waals surface area contributed by atoms with Crippen LogP contribution in [0.3, 0.4) is 0 Å². The number of rotatable bonds is 7. The third kappa shape index (κ3) is 6.58. The number of hydrogen-bond donors (Lipinski definition) is 0. The molecular weight excluding hydrogens is 208 g/mol. The van der Waals surface area contributed by atoms with Crippen molar-refractivity contribution in [1.82, 2.24) is 0 Å². The molecule has 0 aromatic heterocycles. The van der Waals surface area contributed by atoms with E-state index in [0.29, 0.717) is 18.8 Å². The minimum absolute atomic E-state index is 0.00830. The van der Waals surface area contributed by atoms with Gasteiger partial charge in [0.05, 0.1) is 19.3 Å². The van der Waals surface area contributed by atoms with Gasteiger partial charge in [0, 0.05) is 12.7 Å². The lowest BCUT2D eigenvalue weighted by Gasteiger charge is -2.17. The van der Waals surface area contributed by atoms with E-state index in [1.165, 1.54) is 0 Å². The Bertz CT molecular complexity index is 235. The van der Waals surface area contributed by atoms with Crippen LogP contribution in [0.1, 0.15) is 27.7 Å². The molecule has 0 aliphatic carbocycles. The van der Waals surface area contributed by atoms with Crippen LogP contribution in [0, 0.1) is 0 Å². The summed E-state index contributed by atoms with van der Waals surface area (Å²) in [6, 6.07) is 0. The summed E-state index contributed by atoms with van der Waals surface area (Å²) < 4.78 is 15.5. The Morgan fingerprint density at radius 1 is 1.25 bits per heavy atom. The third-order valence-electron chi connectivity index (χ3n) is 2.08. The van der Waals surface area contributed by atoms with Crippen LogP contribution < -0.4 is 0 Å². The molecule has 0 saturated heterocycles. The quantitative estimate of drug-likeness (QED) is 0.495. The molecule has 0 N–H and O–H groups in total. The number of ether oxygens (including phenoxy) is 3. The van der Waals surface area contributed by atoms with E-state index in [2.05, 4.69) is 0 Å². The lowest BCUT2D eigenvalue weighted by atomic mass is 10.3. The van der Waals surface area contributed by atoms with Crippen molar-refractivity contribution >= 4 is 5.97 Å². The molecule has 0 amide bonds. The molecule has 0 aliphatic rings. The van der Waals surface area contributed by atoms with Gasteiger partial charge in [0.25, 0.3) is 0 Å². The van der Waals surface area contributed by atoms with Gasteiger partial charge in [0.2, 0.25) is 0 Å². The van der Waals surface area contributed by atoms with Crippen molar-refractivity contribution in [2.45, 2.75) is 39.9 Å². The van der Waals surface area contributed by atoms with Gasteiger partial charge in [-0.3, -0.25) is 0 Å². The van der Waals surface area contributed by atoms with Crippen LogP contribution in [0.15, 0.2) is 11.6 Å². The smallest absolute Gasteiger partial charge is 0.333 e. The summed E-state index contributed by atoms with van der Waals surface area (Å²) in [5.74, 6) is -0.294. The van der Waals surface area contributed by atoms with Gasteiger partial charge in [-0.1, -0.05) is 6.08 Å². The normalized spacial score (nSPS) is 15.7. The molecule has 0 heterocycles. The maximum atomic E-state index is 11.4. The molecule has 0 aromatic rings. The van der Waals surface area contributed by atoms with Crippen molar-refractivity contribution in [1.29, 1.82) is 0 Å². The molecule has 16 heavy (non-hydrogen) atoms. The molecule has 2 atom stereocenters. The Hall–Kier alpha value is -0.870. The molecule has 94 valence electrons. The molecule has 0 radical (unpaired) electrons. The first-order chi connectivity index (χ1) is 7.51. The van der Waals surface area contributed by atoms with Crippen LogP contribution in [0.5, 0.6) is 0 Å². The SMILES string of the molecule is C/C=C(\C)C(=O)OC(C)COC(C)COC. The minimum Gasteiger partial charge on any atom is -0.457 e. The first-order valence-electron chi connectivity index (χ1n) is 5.45. The summed E-state index contributed by atoms with van der Waals surface area (Å²) in [5.41, 5.74) is 0.608. The van der Waals surface area contributed by atoms with E-state index < -0.39 is 0 Å². The van der Waals surface area contributed by atoms with Gasteiger partial charge in [-0.05, 0) is 27.7 Å². The second-order valence-electron chi connectivity index (χ2n) is 3.79. The number of methoxy groups -OCH3 is 1. The van der Waals surface area contributed by atoms with Crippen LogP contribution in [0.2, 0.25) is 0 Å². The second kappa shape index (κ2) is 8.30. The highest BCUT2D eigenvalue weighted by atomic mass is 16.6. The predicted molar refractivity (Wildman–Crippen MR) is 62.3 cm³/mol. The summed E-state index contributed by atoms with van der Waals surface area (Å²) >= 11 is 0. The molecule has 0 fully saturated rings. The Kier molecular flexibility index (Phi) is 7.85. The van der Waals surface area contributed by atoms with Crippen molar-refractivity contribution in [3.05, 3.63) is 11.6 Å². The predicted octanol–water partition coefficient (Wildman–Crippen LogP) is 1.94. The molecule has 2 unspecified atom stereocenters. The monoisotopic (exact) mass is 230 g/mol. The summed E-state index contributed by atoms with van der Waals surface area (Å²) in [7, 11) is 1.62. The van der Waals surface area contributed by atoms with Crippen LogP contribution in [-0.4, -0.2) is 38.5 Å². The lowest BCUT2D eigenvalue weighted by Crippen LogP contribution is -2.25. The van der Waals surface area contributed by atoms with Gasteiger partial charge in [0.15, 0.2) is 0 Å². The van der Waals surface area contributed by atoms with Crippen LogP contribution in [0.4, 0.5) is 0 Å². The summed E-state index contributed by atoms with van der Waals surface area (Å²) in [6.45, 7) is 8.17. The first kappa shape index (κ1) is 15.1. The van der Waals surface area contributed by atoms with E-state index in [0.717, 1.165) is 0 Å². The van der Waals surface area contributed by atoms with Gasteiger partial charge in [0.1, 0.15) is 6.10 Å². The van der Waals surface area contributed by atoms with E-state index in [1.807, 2.05) is 6.92 Å². The van der Waals surface area contributed by atoms with E-state index in [4.69, 9.17) is 14.2 Å². The number of carbonyl (C=O) groups excluding carboxylic acids is 1. The fraction of sp³-hybridized carbons (Fsp3) is 0.750. The first-order valence-corrected chi connectivity index (χ1v) is 5.45. The number of esters is 1.